The van der Waals surface area contributed by atoms with E-state index in [1.165, 1.54) is 12.8 Å². The van der Waals surface area contributed by atoms with E-state index in [1.807, 2.05) is 19.2 Å². The van der Waals surface area contributed by atoms with E-state index in [0.29, 0.717) is 48.4 Å². The van der Waals surface area contributed by atoms with Crippen molar-refractivity contribution >= 4 is 11.9 Å². The zero-order valence-corrected chi connectivity index (χ0v) is 16.0. The third-order valence-electron chi connectivity index (χ3n) is 5.99. The highest BCUT2D eigenvalue weighted by Gasteiger charge is 2.53. The molecule has 3 aliphatic heterocycles. The molecule has 3 fully saturated rings. The Hall–Kier alpha value is -2.28. The second kappa shape index (κ2) is 7.76. The predicted molar refractivity (Wildman–Crippen MR) is 103 cm³/mol. The summed E-state index contributed by atoms with van der Waals surface area (Å²) < 4.78 is 11.2. The number of nitrogens with zero attached hydrogens (tertiary/aromatic N) is 2. The number of aliphatic imine (C=N–C) groups is 1. The second-order valence-corrected chi connectivity index (χ2v) is 7.48. The van der Waals surface area contributed by atoms with Crippen LogP contribution < -0.4 is 15.4 Å². The number of nitrogens with one attached hydrogen (secondary N) is 2. The SMILES string of the molecule is CN=C(NCCNC(=O)c1cccc(OC)c1)N1CC2C3CCC(O3)C2C1. The summed E-state index contributed by atoms with van der Waals surface area (Å²) in [5.41, 5.74) is 0.599. The first-order valence-electron chi connectivity index (χ1n) is 9.73. The molecule has 4 rings (SSSR count). The maximum atomic E-state index is 12.2. The van der Waals surface area contributed by atoms with Crippen molar-refractivity contribution in [3.05, 3.63) is 29.8 Å². The molecule has 4 unspecified atom stereocenters. The van der Waals surface area contributed by atoms with Crippen LogP contribution in [0.4, 0.5) is 0 Å². The Morgan fingerprint density at radius 1 is 1.22 bits per heavy atom. The standard InChI is InChI=1S/C20H28N4O3/c1-21-20(24-11-15-16(12-24)18-7-6-17(15)27-18)23-9-8-22-19(25)13-4-3-5-14(10-13)26-2/h3-5,10,15-18H,6-9,11-12H2,1-2H3,(H,21,23)(H,22,25). The van der Waals surface area contributed by atoms with E-state index in [-0.39, 0.29) is 5.91 Å². The molecular formula is C20H28N4O3. The number of hydrogen-bond acceptors (Lipinski definition) is 4. The van der Waals surface area contributed by atoms with Crippen LogP contribution in [0, 0.1) is 11.8 Å². The number of fused-ring (bicyclic) bond motifs is 5. The molecule has 1 aromatic carbocycles. The third-order valence-corrected chi connectivity index (χ3v) is 5.99. The van der Waals surface area contributed by atoms with Crippen molar-refractivity contribution in [1.82, 2.24) is 15.5 Å². The number of likely N-dealkylation sites (tertiary alicyclic amines) is 1. The topological polar surface area (TPSA) is 75.2 Å². The first kappa shape index (κ1) is 18.1. The molecule has 0 radical (unpaired) electrons. The van der Waals surface area contributed by atoms with E-state index in [1.54, 1.807) is 19.2 Å². The number of hydrogen-bond donors (Lipinski definition) is 2. The second-order valence-electron chi connectivity index (χ2n) is 7.48. The van der Waals surface area contributed by atoms with Gasteiger partial charge in [-0.1, -0.05) is 6.07 Å². The minimum absolute atomic E-state index is 0.102. The molecule has 3 saturated heterocycles. The predicted octanol–water partition coefficient (Wildman–Crippen LogP) is 1.11. The van der Waals surface area contributed by atoms with E-state index in [4.69, 9.17) is 9.47 Å². The van der Waals surface area contributed by atoms with Crippen molar-refractivity contribution in [3.8, 4) is 5.75 Å². The van der Waals surface area contributed by atoms with Crippen molar-refractivity contribution in [2.24, 2.45) is 16.8 Å². The maximum absolute atomic E-state index is 12.2. The first-order chi connectivity index (χ1) is 13.2. The van der Waals surface area contributed by atoms with Crippen LogP contribution in [-0.2, 0) is 4.74 Å². The van der Waals surface area contributed by atoms with Crippen molar-refractivity contribution in [1.29, 1.82) is 0 Å². The van der Waals surface area contributed by atoms with Gasteiger partial charge < -0.3 is 25.0 Å². The molecule has 4 atom stereocenters. The molecule has 7 heteroatoms. The fraction of sp³-hybridized carbons (Fsp3) is 0.600. The van der Waals surface area contributed by atoms with Crippen molar-refractivity contribution in [3.63, 3.8) is 0 Å². The lowest BCUT2D eigenvalue weighted by atomic mass is 9.82. The van der Waals surface area contributed by atoms with Gasteiger partial charge in [-0.05, 0) is 31.0 Å². The zero-order valence-electron chi connectivity index (χ0n) is 16.0. The highest BCUT2D eigenvalue weighted by molar-refractivity contribution is 5.94. The van der Waals surface area contributed by atoms with Crippen LogP contribution in [0.2, 0.25) is 0 Å². The lowest BCUT2D eigenvalue weighted by Gasteiger charge is -2.23. The van der Waals surface area contributed by atoms with Gasteiger partial charge in [-0.2, -0.15) is 0 Å². The van der Waals surface area contributed by atoms with E-state index >= 15 is 0 Å². The number of benzene rings is 1. The number of carbonyl (C=O) groups excluding carboxylic acids is 1. The number of rotatable bonds is 5. The smallest absolute Gasteiger partial charge is 0.251 e. The number of ether oxygens (including phenoxy) is 2. The Balaban J connectivity index is 1.23. The maximum Gasteiger partial charge on any atom is 0.251 e. The molecule has 0 spiro atoms. The van der Waals surface area contributed by atoms with Crippen LogP contribution >= 0.6 is 0 Å². The van der Waals surface area contributed by atoms with Gasteiger partial charge in [0.05, 0.1) is 19.3 Å². The molecule has 3 heterocycles. The molecule has 1 amide bonds. The fourth-order valence-electron chi connectivity index (χ4n) is 4.68. The molecule has 2 bridgehead atoms. The summed E-state index contributed by atoms with van der Waals surface area (Å²) in [7, 11) is 3.41. The van der Waals surface area contributed by atoms with Crippen LogP contribution in [-0.4, -0.2) is 69.3 Å². The molecule has 0 aliphatic carbocycles. The fourth-order valence-corrected chi connectivity index (χ4v) is 4.68. The van der Waals surface area contributed by atoms with Gasteiger partial charge in [-0.25, -0.2) is 0 Å². The van der Waals surface area contributed by atoms with Gasteiger partial charge in [0.2, 0.25) is 0 Å². The first-order valence-corrected chi connectivity index (χ1v) is 9.73. The average molecular weight is 372 g/mol. The van der Waals surface area contributed by atoms with Crippen LogP contribution in [0.1, 0.15) is 23.2 Å². The molecule has 0 saturated carbocycles. The number of methoxy groups -OCH3 is 1. The average Bonchev–Trinajstić information content (AvgIpc) is 3.41. The van der Waals surface area contributed by atoms with Gasteiger partial charge in [-0.15, -0.1) is 0 Å². The van der Waals surface area contributed by atoms with Crippen LogP contribution in [0.3, 0.4) is 0 Å². The Labute approximate surface area is 160 Å². The van der Waals surface area contributed by atoms with Gasteiger partial charge >= 0.3 is 0 Å². The third kappa shape index (κ3) is 3.60. The summed E-state index contributed by atoms with van der Waals surface area (Å²) in [5.74, 6) is 2.79. The number of amides is 1. The molecule has 3 aliphatic rings. The Kier molecular flexibility index (Phi) is 5.20. The molecular weight excluding hydrogens is 344 g/mol. The summed E-state index contributed by atoms with van der Waals surface area (Å²) >= 11 is 0. The van der Waals surface area contributed by atoms with Crippen LogP contribution in [0.5, 0.6) is 5.75 Å². The molecule has 0 aromatic heterocycles. The molecule has 146 valence electrons. The van der Waals surface area contributed by atoms with E-state index < -0.39 is 0 Å². The minimum Gasteiger partial charge on any atom is -0.497 e. The van der Waals surface area contributed by atoms with Gasteiger partial charge in [0.1, 0.15) is 5.75 Å². The minimum atomic E-state index is -0.102. The monoisotopic (exact) mass is 372 g/mol. The summed E-state index contributed by atoms with van der Waals surface area (Å²) in [4.78, 5) is 19.0. The quantitative estimate of drug-likeness (QED) is 0.460. The normalized spacial score (nSPS) is 29.0. The highest BCUT2D eigenvalue weighted by atomic mass is 16.5. The summed E-state index contributed by atoms with van der Waals surface area (Å²) in [6.45, 7) is 3.20. The van der Waals surface area contributed by atoms with Gasteiger partial charge in [0, 0.05) is 50.6 Å². The van der Waals surface area contributed by atoms with E-state index in [0.717, 1.165) is 19.0 Å². The van der Waals surface area contributed by atoms with Crippen molar-refractivity contribution in [2.75, 3.05) is 40.3 Å². The summed E-state index contributed by atoms with van der Waals surface area (Å²) in [6.07, 6.45) is 3.32. The van der Waals surface area contributed by atoms with Gasteiger partial charge in [-0.3, -0.25) is 9.79 Å². The highest BCUT2D eigenvalue weighted by Crippen LogP contribution is 2.47. The van der Waals surface area contributed by atoms with Crippen LogP contribution in [0.25, 0.3) is 0 Å². The number of guanidine groups is 1. The van der Waals surface area contributed by atoms with Crippen molar-refractivity contribution in [2.45, 2.75) is 25.0 Å². The molecule has 2 N–H and O–H groups in total. The Morgan fingerprint density at radius 2 is 1.93 bits per heavy atom. The number of carbonyl (C=O) groups is 1. The van der Waals surface area contributed by atoms with Gasteiger partial charge in [0.15, 0.2) is 5.96 Å². The Morgan fingerprint density at radius 3 is 2.59 bits per heavy atom. The van der Waals surface area contributed by atoms with Crippen LogP contribution in [0.15, 0.2) is 29.3 Å². The largest absolute Gasteiger partial charge is 0.497 e. The Bertz CT molecular complexity index is 705. The summed E-state index contributed by atoms with van der Waals surface area (Å²) in [6, 6.07) is 7.16. The molecule has 7 nitrogen and oxygen atoms in total. The molecule has 1 aromatic rings. The summed E-state index contributed by atoms with van der Waals surface area (Å²) in [5, 5.41) is 6.31. The molecule has 27 heavy (non-hydrogen) atoms. The lowest BCUT2D eigenvalue weighted by Crippen LogP contribution is -2.44. The lowest BCUT2D eigenvalue weighted by molar-refractivity contribution is 0.0767. The van der Waals surface area contributed by atoms with E-state index in [9.17, 15) is 4.79 Å². The van der Waals surface area contributed by atoms with E-state index in [2.05, 4.69) is 20.5 Å². The van der Waals surface area contributed by atoms with Crippen molar-refractivity contribution < 1.29 is 14.3 Å². The van der Waals surface area contributed by atoms with Gasteiger partial charge in [0.25, 0.3) is 5.91 Å². The zero-order chi connectivity index (χ0) is 18.8.